The van der Waals surface area contributed by atoms with Crippen molar-refractivity contribution in [2.45, 2.75) is 33.2 Å². The second-order valence-electron chi connectivity index (χ2n) is 8.50. The third kappa shape index (κ3) is 5.32. The third-order valence-electron chi connectivity index (χ3n) is 5.88. The molecule has 0 fully saturated rings. The Morgan fingerprint density at radius 3 is 2.38 bits per heavy atom. The lowest BCUT2D eigenvalue weighted by Gasteiger charge is -2.15. The van der Waals surface area contributed by atoms with Crippen LogP contribution < -0.4 is 15.6 Å². The molecule has 0 unspecified atom stereocenters. The normalized spacial score (nSPS) is 10.9. The van der Waals surface area contributed by atoms with E-state index in [1.807, 2.05) is 31.2 Å². The molecule has 0 aliphatic rings. The fourth-order valence-corrected chi connectivity index (χ4v) is 4.25. The van der Waals surface area contributed by atoms with Crippen molar-refractivity contribution in [1.82, 2.24) is 4.57 Å². The fraction of sp³-hybridized carbons (Fsp3) is 0.214. The number of pyridine rings is 1. The maximum atomic E-state index is 13.5. The van der Waals surface area contributed by atoms with Gasteiger partial charge in [0, 0.05) is 11.6 Å². The van der Waals surface area contributed by atoms with Crippen LogP contribution in [0.3, 0.4) is 0 Å². The highest BCUT2D eigenvalue weighted by molar-refractivity contribution is 6.33. The number of rotatable bonds is 7. The van der Waals surface area contributed by atoms with E-state index in [9.17, 15) is 9.59 Å². The molecule has 4 aromatic rings. The number of aromatic nitrogens is 1. The van der Waals surface area contributed by atoms with Crippen molar-refractivity contribution in [3.05, 3.63) is 104 Å². The summed E-state index contributed by atoms with van der Waals surface area (Å²) in [6.45, 7) is 3.85. The van der Waals surface area contributed by atoms with E-state index in [2.05, 4.69) is 36.5 Å². The number of hydrogen-bond acceptors (Lipinski definition) is 3. The van der Waals surface area contributed by atoms with E-state index in [1.165, 1.54) is 10.1 Å². The molecule has 6 heteroatoms. The third-order valence-corrected chi connectivity index (χ3v) is 6.19. The predicted octanol–water partition coefficient (Wildman–Crippen LogP) is 5.70. The van der Waals surface area contributed by atoms with Gasteiger partial charge >= 0.3 is 0 Å². The summed E-state index contributed by atoms with van der Waals surface area (Å²) in [5.74, 6) is 0.294. The second-order valence-corrected chi connectivity index (χ2v) is 8.91. The number of benzene rings is 3. The molecule has 0 radical (unpaired) electrons. The molecule has 3 aromatic carbocycles. The van der Waals surface area contributed by atoms with Crippen molar-refractivity contribution in [3.63, 3.8) is 0 Å². The van der Waals surface area contributed by atoms with Gasteiger partial charge < -0.3 is 10.1 Å². The molecular weight excluding hydrogens is 448 g/mol. The van der Waals surface area contributed by atoms with Crippen molar-refractivity contribution >= 4 is 34.1 Å². The number of methoxy groups -OCH3 is 1. The van der Waals surface area contributed by atoms with Gasteiger partial charge in [0.2, 0.25) is 5.91 Å². The zero-order valence-corrected chi connectivity index (χ0v) is 20.3. The second kappa shape index (κ2) is 10.1. The average Bonchev–Trinajstić information content (AvgIpc) is 2.82. The highest BCUT2D eigenvalue weighted by Crippen LogP contribution is 2.24. The quantitative estimate of drug-likeness (QED) is 0.373. The highest BCUT2D eigenvalue weighted by Gasteiger charge is 2.15. The van der Waals surface area contributed by atoms with Crippen LogP contribution in [-0.2, 0) is 24.2 Å². The van der Waals surface area contributed by atoms with Crippen molar-refractivity contribution in [2.24, 2.45) is 0 Å². The predicted molar refractivity (Wildman–Crippen MR) is 138 cm³/mol. The SMILES string of the molecule is COc1ccc2cc(CCc3ccc(C)cc3)c(=O)n(CC(=O)Nc3ccc(C)cc3Cl)c2c1. The van der Waals surface area contributed by atoms with E-state index in [-0.39, 0.29) is 18.0 Å². The highest BCUT2D eigenvalue weighted by atomic mass is 35.5. The van der Waals surface area contributed by atoms with Gasteiger partial charge in [0.15, 0.2) is 0 Å². The van der Waals surface area contributed by atoms with Gasteiger partial charge in [0.05, 0.1) is 23.3 Å². The van der Waals surface area contributed by atoms with Crippen molar-refractivity contribution in [3.8, 4) is 5.75 Å². The lowest BCUT2D eigenvalue weighted by atomic mass is 10.0. The van der Waals surface area contributed by atoms with Crippen LogP contribution in [0.5, 0.6) is 5.75 Å². The van der Waals surface area contributed by atoms with E-state index in [0.717, 1.165) is 22.9 Å². The summed E-state index contributed by atoms with van der Waals surface area (Å²) < 4.78 is 6.87. The largest absolute Gasteiger partial charge is 0.497 e. The maximum Gasteiger partial charge on any atom is 0.254 e. The molecular formula is C28H27ClN2O3. The molecule has 0 aliphatic heterocycles. The number of nitrogens with zero attached hydrogens (tertiary/aromatic N) is 1. The molecule has 34 heavy (non-hydrogen) atoms. The molecule has 1 N–H and O–H groups in total. The molecule has 0 aliphatic carbocycles. The van der Waals surface area contributed by atoms with Crippen LogP contribution in [0.1, 0.15) is 22.3 Å². The van der Waals surface area contributed by atoms with Crippen LogP contribution in [0.15, 0.2) is 71.5 Å². The van der Waals surface area contributed by atoms with Crippen LogP contribution in [0.25, 0.3) is 10.9 Å². The Labute approximate surface area is 204 Å². The van der Waals surface area contributed by atoms with E-state index in [4.69, 9.17) is 16.3 Å². The van der Waals surface area contributed by atoms with Gasteiger partial charge in [0.1, 0.15) is 12.3 Å². The molecule has 0 bridgehead atoms. The lowest BCUT2D eigenvalue weighted by Crippen LogP contribution is -2.30. The van der Waals surface area contributed by atoms with Crippen molar-refractivity contribution in [2.75, 3.05) is 12.4 Å². The van der Waals surface area contributed by atoms with Gasteiger partial charge in [-0.25, -0.2) is 0 Å². The molecule has 0 atom stereocenters. The summed E-state index contributed by atoms with van der Waals surface area (Å²) in [7, 11) is 1.58. The number of amides is 1. The van der Waals surface area contributed by atoms with Gasteiger partial charge in [-0.2, -0.15) is 0 Å². The minimum Gasteiger partial charge on any atom is -0.497 e. The number of fused-ring (bicyclic) bond motifs is 1. The Morgan fingerprint density at radius 2 is 1.68 bits per heavy atom. The number of aryl methyl sites for hydroxylation is 4. The molecule has 0 saturated carbocycles. The smallest absolute Gasteiger partial charge is 0.254 e. The summed E-state index contributed by atoms with van der Waals surface area (Å²) in [5.41, 5.74) is 5.01. The van der Waals surface area contributed by atoms with Crippen LogP contribution in [0.4, 0.5) is 5.69 Å². The van der Waals surface area contributed by atoms with Crippen LogP contribution in [0.2, 0.25) is 5.02 Å². The number of carbonyl (C=O) groups excluding carboxylic acids is 1. The summed E-state index contributed by atoms with van der Waals surface area (Å²) >= 11 is 6.28. The first-order valence-corrected chi connectivity index (χ1v) is 11.5. The minimum absolute atomic E-state index is 0.134. The Kier molecular flexibility index (Phi) is 7.03. The Bertz CT molecular complexity index is 1410. The zero-order chi connectivity index (χ0) is 24.2. The van der Waals surface area contributed by atoms with Crippen LogP contribution in [-0.4, -0.2) is 17.6 Å². The first-order valence-electron chi connectivity index (χ1n) is 11.2. The Hall–Kier alpha value is -3.57. The Morgan fingerprint density at radius 1 is 0.941 bits per heavy atom. The number of carbonyl (C=O) groups is 1. The van der Waals surface area contributed by atoms with Crippen LogP contribution in [0, 0.1) is 13.8 Å². The van der Waals surface area contributed by atoms with Gasteiger partial charge in [-0.05, 0) is 73.5 Å². The summed E-state index contributed by atoms with van der Waals surface area (Å²) in [5, 5.41) is 4.16. The number of anilines is 1. The monoisotopic (exact) mass is 474 g/mol. The zero-order valence-electron chi connectivity index (χ0n) is 19.5. The van der Waals surface area contributed by atoms with E-state index in [1.54, 1.807) is 25.3 Å². The molecule has 174 valence electrons. The Balaban J connectivity index is 1.67. The molecule has 5 nitrogen and oxygen atoms in total. The number of ether oxygens (including phenoxy) is 1. The summed E-state index contributed by atoms with van der Waals surface area (Å²) in [4.78, 5) is 26.4. The fourth-order valence-electron chi connectivity index (χ4n) is 3.96. The van der Waals surface area contributed by atoms with Gasteiger partial charge in [0.25, 0.3) is 5.56 Å². The maximum absolute atomic E-state index is 13.5. The molecule has 0 spiro atoms. The first-order chi connectivity index (χ1) is 16.3. The summed E-state index contributed by atoms with van der Waals surface area (Å²) in [6.07, 6.45) is 1.32. The van der Waals surface area contributed by atoms with Crippen molar-refractivity contribution < 1.29 is 9.53 Å². The molecule has 1 heterocycles. The lowest BCUT2D eigenvalue weighted by molar-refractivity contribution is -0.116. The van der Waals surface area contributed by atoms with E-state index < -0.39 is 0 Å². The average molecular weight is 475 g/mol. The minimum atomic E-state index is -0.326. The number of halogens is 1. The molecule has 4 rings (SSSR count). The first kappa shape index (κ1) is 23.6. The van der Waals surface area contributed by atoms with E-state index >= 15 is 0 Å². The van der Waals surface area contributed by atoms with Gasteiger partial charge in [-0.3, -0.25) is 14.2 Å². The molecule has 0 saturated heterocycles. The van der Waals surface area contributed by atoms with Crippen LogP contribution >= 0.6 is 11.6 Å². The summed E-state index contributed by atoms with van der Waals surface area (Å²) in [6, 6.07) is 21.2. The molecule has 1 amide bonds. The topological polar surface area (TPSA) is 60.3 Å². The number of nitrogens with one attached hydrogen (secondary N) is 1. The number of hydrogen-bond donors (Lipinski definition) is 1. The van der Waals surface area contributed by atoms with Gasteiger partial charge in [-0.1, -0.05) is 47.5 Å². The molecule has 1 aromatic heterocycles. The standard InChI is InChI=1S/C28H27ClN2O3/c1-18-4-7-20(8-5-18)9-10-22-15-21-11-12-23(34-3)16-26(21)31(28(22)33)17-27(32)30-25-13-6-19(2)14-24(25)29/h4-8,11-16H,9-10,17H2,1-3H3,(H,30,32). The van der Waals surface area contributed by atoms with Crippen molar-refractivity contribution in [1.29, 1.82) is 0 Å². The van der Waals surface area contributed by atoms with E-state index in [0.29, 0.717) is 34.0 Å². The van der Waals surface area contributed by atoms with Gasteiger partial charge in [-0.15, -0.1) is 0 Å².